The van der Waals surface area contributed by atoms with Crippen LogP contribution < -0.4 is 10.9 Å². The quantitative estimate of drug-likeness (QED) is 0.513. The molecule has 1 N–H and O–H groups in total. The molecule has 4 rings (SSSR count). The Morgan fingerprint density at radius 3 is 2.86 bits per heavy atom. The minimum absolute atomic E-state index is 0.176. The van der Waals surface area contributed by atoms with E-state index in [1.165, 1.54) is 21.2 Å². The first-order valence-electron chi connectivity index (χ1n) is 8.76. The van der Waals surface area contributed by atoms with Gasteiger partial charge in [0.25, 0.3) is 5.56 Å². The van der Waals surface area contributed by atoms with E-state index in [9.17, 15) is 14.4 Å². The molecular formula is C18H18N6O3S. The van der Waals surface area contributed by atoms with Crippen LogP contribution in [0, 0.1) is 0 Å². The van der Waals surface area contributed by atoms with Crippen molar-refractivity contribution in [2.75, 3.05) is 13.1 Å². The number of nitrogens with zero attached hydrogens (tertiary/aromatic N) is 5. The fourth-order valence-corrected chi connectivity index (χ4v) is 4.13. The largest absolute Gasteiger partial charge is 0.336 e. The maximum Gasteiger partial charge on any atom is 0.324 e. The first kappa shape index (κ1) is 18.2. The zero-order valence-electron chi connectivity index (χ0n) is 15.2. The van der Waals surface area contributed by atoms with Gasteiger partial charge in [0.1, 0.15) is 0 Å². The summed E-state index contributed by atoms with van der Waals surface area (Å²) in [5.74, 6) is 0.0881. The molecule has 10 heteroatoms. The molecule has 1 aliphatic heterocycles. The Morgan fingerprint density at radius 2 is 2.14 bits per heavy atom. The van der Waals surface area contributed by atoms with Gasteiger partial charge in [-0.3, -0.25) is 23.5 Å². The molecule has 0 bridgehead atoms. The minimum Gasteiger partial charge on any atom is -0.336 e. The summed E-state index contributed by atoms with van der Waals surface area (Å²) in [6.07, 6.45) is 1.62. The molecule has 3 amide bonds. The lowest BCUT2D eigenvalue weighted by molar-refractivity contribution is -0.126. The van der Waals surface area contributed by atoms with Gasteiger partial charge < -0.3 is 5.32 Å². The molecular weight excluding hydrogens is 380 g/mol. The van der Waals surface area contributed by atoms with Crippen molar-refractivity contribution in [2.45, 2.75) is 23.9 Å². The molecule has 1 aromatic carbocycles. The number of para-hydroxylation sites is 1. The number of benzene rings is 1. The Labute approximate surface area is 164 Å². The molecule has 1 atom stereocenters. The van der Waals surface area contributed by atoms with Gasteiger partial charge >= 0.3 is 6.03 Å². The van der Waals surface area contributed by atoms with Gasteiger partial charge in [0.05, 0.1) is 16.2 Å². The summed E-state index contributed by atoms with van der Waals surface area (Å²) in [6.45, 7) is 6.52. The molecule has 0 radical (unpaired) electrons. The lowest BCUT2D eigenvalue weighted by Gasteiger charge is -2.17. The predicted molar refractivity (Wildman–Crippen MR) is 105 cm³/mol. The first-order chi connectivity index (χ1) is 13.5. The Morgan fingerprint density at radius 1 is 1.36 bits per heavy atom. The second kappa shape index (κ2) is 7.12. The molecule has 1 fully saturated rings. The van der Waals surface area contributed by atoms with Crippen LogP contribution in [-0.2, 0) is 11.3 Å². The summed E-state index contributed by atoms with van der Waals surface area (Å²) in [5, 5.41) is 11.5. The normalized spacial score (nSPS) is 15.2. The van der Waals surface area contributed by atoms with Crippen molar-refractivity contribution in [1.82, 2.24) is 29.4 Å². The number of hydrogen-bond acceptors (Lipinski definition) is 6. The summed E-state index contributed by atoms with van der Waals surface area (Å²) in [5.41, 5.74) is 0.485. The summed E-state index contributed by atoms with van der Waals surface area (Å²) in [4.78, 5) is 38.4. The summed E-state index contributed by atoms with van der Waals surface area (Å²) >= 11 is 1.20. The standard InChI is InChI=1S/C18H18N6O3S/c1-3-9-22-15(26)12-6-4-5-7-13(12)24-16(22)20-21-18(24)28-11(2)14(25)23-10-8-19-17(23)27/h3-7,11H,1,8-10H2,2H3,(H,19,27). The van der Waals surface area contributed by atoms with E-state index in [1.807, 2.05) is 12.1 Å². The number of hydrogen-bond donors (Lipinski definition) is 1. The molecule has 9 nitrogen and oxygen atoms in total. The van der Waals surface area contributed by atoms with Gasteiger partial charge in [0.15, 0.2) is 5.16 Å². The zero-order valence-corrected chi connectivity index (χ0v) is 16.0. The highest BCUT2D eigenvalue weighted by Gasteiger charge is 2.31. The van der Waals surface area contributed by atoms with Crippen LogP contribution in [0.25, 0.3) is 16.7 Å². The van der Waals surface area contributed by atoms with Crippen molar-refractivity contribution in [3.63, 3.8) is 0 Å². The molecule has 1 saturated heterocycles. The zero-order chi connectivity index (χ0) is 19.8. The van der Waals surface area contributed by atoms with Gasteiger partial charge in [-0.1, -0.05) is 30.0 Å². The van der Waals surface area contributed by atoms with Crippen LogP contribution in [0.5, 0.6) is 0 Å². The number of aromatic nitrogens is 4. The molecule has 1 aliphatic rings. The fourth-order valence-electron chi connectivity index (χ4n) is 3.21. The molecule has 1 unspecified atom stereocenters. The van der Waals surface area contributed by atoms with Gasteiger partial charge in [0.2, 0.25) is 11.7 Å². The van der Waals surface area contributed by atoms with Gasteiger partial charge in [-0.15, -0.1) is 16.8 Å². The third kappa shape index (κ3) is 2.85. The van der Waals surface area contributed by atoms with Crippen molar-refractivity contribution in [1.29, 1.82) is 0 Å². The Kier molecular flexibility index (Phi) is 4.63. The Bertz CT molecular complexity index is 1170. The smallest absolute Gasteiger partial charge is 0.324 e. The average molecular weight is 398 g/mol. The number of fused-ring (bicyclic) bond motifs is 3. The van der Waals surface area contributed by atoms with Crippen LogP contribution >= 0.6 is 11.8 Å². The van der Waals surface area contributed by atoms with Crippen molar-refractivity contribution >= 4 is 40.4 Å². The molecule has 28 heavy (non-hydrogen) atoms. The number of nitrogens with one attached hydrogen (secondary N) is 1. The lowest BCUT2D eigenvalue weighted by atomic mass is 10.2. The number of carbonyl (C=O) groups excluding carboxylic acids is 2. The number of amides is 3. The maximum absolute atomic E-state index is 12.8. The molecule has 2 aromatic heterocycles. The Balaban J connectivity index is 1.80. The van der Waals surface area contributed by atoms with Crippen molar-refractivity contribution in [3.05, 3.63) is 47.3 Å². The number of rotatable bonds is 5. The van der Waals surface area contributed by atoms with E-state index in [0.717, 1.165) is 0 Å². The highest BCUT2D eigenvalue weighted by Crippen LogP contribution is 2.26. The number of imide groups is 1. The molecule has 0 saturated carbocycles. The van der Waals surface area contributed by atoms with E-state index in [4.69, 9.17) is 0 Å². The molecule has 0 aliphatic carbocycles. The lowest BCUT2D eigenvalue weighted by Crippen LogP contribution is -2.39. The van der Waals surface area contributed by atoms with Crippen LogP contribution in [0.1, 0.15) is 6.92 Å². The number of allylic oxidation sites excluding steroid dienone is 1. The van der Waals surface area contributed by atoms with Crippen LogP contribution in [-0.4, -0.2) is 54.3 Å². The topological polar surface area (TPSA) is 102 Å². The summed E-state index contributed by atoms with van der Waals surface area (Å²) in [7, 11) is 0. The second-order valence-corrected chi connectivity index (χ2v) is 7.63. The number of urea groups is 1. The van der Waals surface area contributed by atoms with Gasteiger partial charge in [-0.25, -0.2) is 4.79 Å². The molecule has 3 aromatic rings. The van der Waals surface area contributed by atoms with Crippen LogP contribution in [0.3, 0.4) is 0 Å². The summed E-state index contributed by atoms with van der Waals surface area (Å²) < 4.78 is 3.26. The van der Waals surface area contributed by atoms with Crippen molar-refractivity contribution in [3.8, 4) is 0 Å². The molecule has 144 valence electrons. The van der Waals surface area contributed by atoms with Crippen molar-refractivity contribution in [2.24, 2.45) is 0 Å². The monoisotopic (exact) mass is 398 g/mol. The average Bonchev–Trinajstić information content (AvgIpc) is 3.31. The van der Waals surface area contributed by atoms with Gasteiger partial charge in [-0.2, -0.15) is 0 Å². The number of carbonyl (C=O) groups is 2. The molecule has 0 spiro atoms. The number of thioether (sulfide) groups is 1. The highest BCUT2D eigenvalue weighted by molar-refractivity contribution is 8.00. The minimum atomic E-state index is -0.546. The van der Waals surface area contributed by atoms with E-state index in [2.05, 4.69) is 22.1 Å². The highest BCUT2D eigenvalue weighted by atomic mass is 32.2. The van der Waals surface area contributed by atoms with Crippen LogP contribution in [0.4, 0.5) is 4.79 Å². The van der Waals surface area contributed by atoms with Gasteiger partial charge in [-0.05, 0) is 19.1 Å². The molecule has 3 heterocycles. The third-order valence-electron chi connectivity index (χ3n) is 4.54. The SMILES string of the molecule is C=CCn1c(=O)c2ccccc2n2c(SC(C)C(=O)N3CCNC3=O)nnc12. The fraction of sp³-hybridized carbons (Fsp3) is 0.278. The summed E-state index contributed by atoms with van der Waals surface area (Å²) in [6, 6.07) is 6.80. The predicted octanol–water partition coefficient (Wildman–Crippen LogP) is 1.26. The Hall–Kier alpha value is -3.14. The van der Waals surface area contributed by atoms with E-state index in [-0.39, 0.29) is 17.5 Å². The second-order valence-electron chi connectivity index (χ2n) is 6.32. The van der Waals surface area contributed by atoms with Crippen molar-refractivity contribution < 1.29 is 9.59 Å². The van der Waals surface area contributed by atoms with Crippen LogP contribution in [0.2, 0.25) is 0 Å². The van der Waals surface area contributed by atoms with E-state index < -0.39 is 5.25 Å². The maximum atomic E-state index is 12.8. The van der Waals surface area contributed by atoms with E-state index in [1.54, 1.807) is 29.5 Å². The van der Waals surface area contributed by atoms with Crippen LogP contribution in [0.15, 0.2) is 46.9 Å². The van der Waals surface area contributed by atoms with E-state index in [0.29, 0.717) is 41.5 Å². The third-order valence-corrected chi connectivity index (χ3v) is 5.57. The van der Waals surface area contributed by atoms with Gasteiger partial charge in [0, 0.05) is 19.6 Å². The van der Waals surface area contributed by atoms with E-state index >= 15 is 0 Å². The first-order valence-corrected chi connectivity index (χ1v) is 9.64.